The summed E-state index contributed by atoms with van der Waals surface area (Å²) in [6.45, 7) is 0.0565. The third kappa shape index (κ3) is 6.02. The van der Waals surface area contributed by atoms with Crippen LogP contribution in [0.25, 0.3) is 11.6 Å². The van der Waals surface area contributed by atoms with Crippen molar-refractivity contribution in [2.75, 3.05) is 20.8 Å². The fourth-order valence-electron chi connectivity index (χ4n) is 2.44. The van der Waals surface area contributed by atoms with Crippen LogP contribution in [-0.4, -0.2) is 26.8 Å². The van der Waals surface area contributed by atoms with Gasteiger partial charge in [0.1, 0.15) is 17.9 Å². The predicted octanol–water partition coefficient (Wildman–Crippen LogP) is 5.61. The molecule has 29 heavy (non-hydrogen) atoms. The quantitative estimate of drug-likeness (QED) is 0.328. The first-order valence-corrected chi connectivity index (χ1v) is 8.72. The summed E-state index contributed by atoms with van der Waals surface area (Å²) in [5, 5.41) is -0.135. The van der Waals surface area contributed by atoms with Crippen LogP contribution in [0.15, 0.2) is 54.8 Å². The molecular weight excluding hydrogens is 409 g/mol. The summed E-state index contributed by atoms with van der Waals surface area (Å²) in [6.07, 6.45) is 0.171. The Hall–Kier alpha value is -2.93. The van der Waals surface area contributed by atoms with E-state index in [1.54, 1.807) is 36.4 Å². The highest BCUT2D eigenvalue weighted by atomic mass is 35.5. The van der Waals surface area contributed by atoms with Crippen molar-refractivity contribution in [2.45, 2.75) is 6.18 Å². The van der Waals surface area contributed by atoms with Crippen molar-refractivity contribution in [3.05, 3.63) is 76.5 Å². The number of halogens is 4. The maximum Gasteiger partial charge on any atom is 0.416 e. The molecule has 4 nitrogen and oxygen atoms in total. The molecule has 0 fully saturated rings. The Labute approximate surface area is 171 Å². The number of ether oxygens (including phenoxy) is 3. The summed E-state index contributed by atoms with van der Waals surface area (Å²) in [6, 6.07) is 9.95. The van der Waals surface area contributed by atoms with E-state index in [4.69, 9.17) is 25.8 Å². The zero-order chi connectivity index (χ0) is 21.4. The second kappa shape index (κ2) is 10.0. The molecule has 0 saturated carbocycles. The van der Waals surface area contributed by atoms with E-state index in [0.29, 0.717) is 11.1 Å². The van der Waals surface area contributed by atoms with Gasteiger partial charge in [0.05, 0.1) is 31.1 Å². The average molecular weight is 427 g/mol. The van der Waals surface area contributed by atoms with Gasteiger partial charge >= 0.3 is 12.1 Å². The van der Waals surface area contributed by atoms with Gasteiger partial charge in [0.25, 0.3) is 0 Å². The lowest BCUT2D eigenvalue weighted by Gasteiger charge is -2.11. The molecular formula is C21H18ClF3O4. The summed E-state index contributed by atoms with van der Waals surface area (Å²) in [4.78, 5) is 12.0. The number of esters is 1. The van der Waals surface area contributed by atoms with Crippen LogP contribution in [0.1, 0.15) is 16.7 Å². The number of methoxy groups -OCH3 is 2. The summed E-state index contributed by atoms with van der Waals surface area (Å²) >= 11 is 5.86. The van der Waals surface area contributed by atoms with Gasteiger partial charge in [0.2, 0.25) is 0 Å². The van der Waals surface area contributed by atoms with Crippen molar-refractivity contribution < 1.29 is 32.2 Å². The normalized spacial score (nSPS) is 12.1. The van der Waals surface area contributed by atoms with Gasteiger partial charge in [-0.2, -0.15) is 13.2 Å². The van der Waals surface area contributed by atoms with E-state index in [1.807, 2.05) is 0 Å². The average Bonchev–Trinajstić information content (AvgIpc) is 2.69. The number of hydrogen-bond acceptors (Lipinski definition) is 4. The molecule has 0 atom stereocenters. The van der Waals surface area contributed by atoms with Crippen LogP contribution in [-0.2, 0) is 20.4 Å². The predicted molar refractivity (Wildman–Crippen MR) is 104 cm³/mol. The highest BCUT2D eigenvalue weighted by Gasteiger charge is 2.31. The van der Waals surface area contributed by atoms with E-state index in [-0.39, 0.29) is 23.0 Å². The van der Waals surface area contributed by atoms with E-state index in [1.165, 1.54) is 26.5 Å². The minimum absolute atomic E-state index is 0.0565. The monoisotopic (exact) mass is 426 g/mol. The molecule has 0 radical (unpaired) electrons. The van der Waals surface area contributed by atoms with Gasteiger partial charge in [0.15, 0.2) is 0 Å². The van der Waals surface area contributed by atoms with E-state index in [0.717, 1.165) is 12.1 Å². The second-order valence-electron chi connectivity index (χ2n) is 5.70. The van der Waals surface area contributed by atoms with Gasteiger partial charge in [0, 0.05) is 0 Å². The lowest BCUT2D eigenvalue weighted by atomic mass is 10.0. The highest BCUT2D eigenvalue weighted by Crippen LogP contribution is 2.34. The summed E-state index contributed by atoms with van der Waals surface area (Å²) in [5.41, 5.74) is 0.676. The fraction of sp³-hybridized carbons (Fsp3) is 0.190. The van der Waals surface area contributed by atoms with Gasteiger partial charge in [-0.05, 0) is 35.4 Å². The Balaban J connectivity index is 2.14. The first-order chi connectivity index (χ1) is 13.8. The largest absolute Gasteiger partial charge is 0.503 e. The van der Waals surface area contributed by atoms with Gasteiger partial charge in [-0.1, -0.05) is 41.9 Å². The van der Waals surface area contributed by atoms with Crippen LogP contribution in [0, 0.1) is 0 Å². The molecule has 0 aliphatic carbocycles. The standard InChI is InChI=1S/C21H18ClF3O4/c1-27-13-17(20(26)28-2)16-8-4-3-6-14(16)7-5-11-29-19-10-9-15(12-18(19)22)21(23,24)25/h3-10,12-13H,11H2,1-2H3. The van der Waals surface area contributed by atoms with Crippen LogP contribution in [0.2, 0.25) is 5.02 Å². The van der Waals surface area contributed by atoms with Crippen molar-refractivity contribution >= 4 is 29.2 Å². The Bertz CT molecular complexity index is 920. The molecule has 0 heterocycles. The molecule has 0 N–H and O–H groups in total. The van der Waals surface area contributed by atoms with Crippen molar-refractivity contribution in [2.24, 2.45) is 0 Å². The van der Waals surface area contributed by atoms with Gasteiger partial charge in [-0.25, -0.2) is 4.79 Å². The minimum atomic E-state index is -4.47. The Morgan fingerprint density at radius 2 is 1.86 bits per heavy atom. The lowest BCUT2D eigenvalue weighted by molar-refractivity contribution is -0.137. The molecule has 0 bridgehead atoms. The van der Waals surface area contributed by atoms with Crippen molar-refractivity contribution in [3.8, 4) is 5.75 Å². The summed E-state index contributed by atoms with van der Waals surface area (Å²) < 4.78 is 53.2. The maximum absolute atomic E-state index is 12.7. The van der Waals surface area contributed by atoms with Crippen molar-refractivity contribution in [3.63, 3.8) is 0 Å². The van der Waals surface area contributed by atoms with E-state index in [2.05, 4.69) is 0 Å². The molecule has 0 amide bonds. The molecule has 8 heteroatoms. The Morgan fingerprint density at radius 1 is 1.14 bits per heavy atom. The van der Waals surface area contributed by atoms with Gasteiger partial charge in [-0.15, -0.1) is 0 Å². The van der Waals surface area contributed by atoms with Crippen LogP contribution < -0.4 is 4.74 Å². The number of alkyl halides is 3. The molecule has 0 aromatic heterocycles. The van der Waals surface area contributed by atoms with Crippen LogP contribution in [0.4, 0.5) is 13.2 Å². The molecule has 2 rings (SSSR count). The van der Waals surface area contributed by atoms with Gasteiger partial charge < -0.3 is 14.2 Å². The topological polar surface area (TPSA) is 44.8 Å². The van der Waals surface area contributed by atoms with E-state index < -0.39 is 17.7 Å². The zero-order valence-corrected chi connectivity index (χ0v) is 16.4. The van der Waals surface area contributed by atoms with Crippen LogP contribution in [0.5, 0.6) is 5.75 Å². The maximum atomic E-state index is 12.7. The number of rotatable bonds is 7. The molecule has 0 aliphatic heterocycles. The summed E-state index contributed by atoms with van der Waals surface area (Å²) in [5.74, 6) is -0.424. The number of hydrogen-bond donors (Lipinski definition) is 0. The van der Waals surface area contributed by atoms with E-state index >= 15 is 0 Å². The molecule has 2 aromatic carbocycles. The van der Waals surface area contributed by atoms with Crippen LogP contribution in [0.3, 0.4) is 0 Å². The van der Waals surface area contributed by atoms with Crippen molar-refractivity contribution in [1.29, 1.82) is 0 Å². The first-order valence-electron chi connectivity index (χ1n) is 8.34. The third-order valence-corrected chi connectivity index (χ3v) is 4.08. The second-order valence-corrected chi connectivity index (χ2v) is 6.11. The number of benzene rings is 2. The molecule has 0 saturated heterocycles. The molecule has 0 aliphatic rings. The summed E-state index contributed by atoms with van der Waals surface area (Å²) in [7, 11) is 2.69. The molecule has 0 unspecified atom stereocenters. The zero-order valence-electron chi connectivity index (χ0n) is 15.6. The smallest absolute Gasteiger partial charge is 0.416 e. The van der Waals surface area contributed by atoms with Crippen molar-refractivity contribution in [1.82, 2.24) is 0 Å². The fourth-order valence-corrected chi connectivity index (χ4v) is 2.68. The first kappa shape index (κ1) is 22.4. The van der Waals surface area contributed by atoms with Crippen LogP contribution >= 0.6 is 11.6 Å². The Morgan fingerprint density at radius 3 is 2.48 bits per heavy atom. The lowest BCUT2D eigenvalue weighted by Crippen LogP contribution is -2.06. The Kier molecular flexibility index (Phi) is 7.73. The molecule has 154 valence electrons. The molecule has 2 aromatic rings. The SMILES string of the molecule is COC=C(C(=O)OC)c1ccccc1C=CCOc1ccc(C(F)(F)F)cc1Cl. The molecule has 0 spiro atoms. The third-order valence-electron chi connectivity index (χ3n) is 3.78. The van der Waals surface area contributed by atoms with E-state index in [9.17, 15) is 18.0 Å². The highest BCUT2D eigenvalue weighted by molar-refractivity contribution is 6.32. The number of carbonyl (C=O) groups is 1. The van der Waals surface area contributed by atoms with Gasteiger partial charge in [-0.3, -0.25) is 0 Å². The minimum Gasteiger partial charge on any atom is -0.503 e. The number of carbonyl (C=O) groups excluding carboxylic acids is 1.